The first-order valence-corrected chi connectivity index (χ1v) is 6.51. The molecule has 1 atom stereocenters. The molecule has 0 aliphatic carbocycles. The molecule has 0 bridgehead atoms. The molecule has 1 fully saturated rings. The Morgan fingerprint density at radius 2 is 2.12 bits per heavy atom. The van der Waals surface area contributed by atoms with Crippen LogP contribution >= 0.6 is 11.6 Å². The lowest BCUT2D eigenvalue weighted by atomic mass is 10.3. The van der Waals surface area contributed by atoms with Crippen molar-refractivity contribution >= 4 is 17.4 Å². The van der Waals surface area contributed by atoms with Gasteiger partial charge in [0.15, 0.2) is 0 Å². The molecule has 1 N–H and O–H groups in total. The number of halogens is 1. The summed E-state index contributed by atoms with van der Waals surface area (Å²) in [5.74, 6) is 0.844. The molecule has 1 unspecified atom stereocenters. The number of nitrogens with one attached hydrogen (secondary N) is 1. The normalized spacial score (nSPS) is 18.3. The van der Waals surface area contributed by atoms with E-state index in [9.17, 15) is 0 Å². The number of nitrogens with zero attached hydrogens (tertiary/aromatic N) is 3. The summed E-state index contributed by atoms with van der Waals surface area (Å²) in [6, 6.07) is 0.533. The van der Waals surface area contributed by atoms with Crippen LogP contribution in [0.15, 0.2) is 6.33 Å². The zero-order chi connectivity index (χ0) is 12.3. The van der Waals surface area contributed by atoms with Crippen LogP contribution in [0.4, 0.5) is 5.82 Å². The first-order valence-electron chi connectivity index (χ1n) is 6.13. The number of likely N-dealkylation sites (tertiary alicyclic amines) is 1. The highest BCUT2D eigenvalue weighted by molar-refractivity contribution is 6.30. The van der Waals surface area contributed by atoms with Gasteiger partial charge >= 0.3 is 0 Å². The number of hydrogen-bond donors (Lipinski definition) is 1. The third kappa shape index (κ3) is 3.07. The maximum absolute atomic E-state index is 5.95. The summed E-state index contributed by atoms with van der Waals surface area (Å²) >= 11 is 5.95. The Labute approximate surface area is 107 Å². The summed E-state index contributed by atoms with van der Waals surface area (Å²) in [5.41, 5.74) is 0.919. The van der Waals surface area contributed by atoms with E-state index in [-0.39, 0.29) is 0 Å². The standard InChI is InChI=1S/C12H19ClN4/c1-9(17-5-3-4-6-17)7-14-12-10(2)11(13)15-8-16-12/h8-9H,3-7H2,1-2H3,(H,14,15,16). The van der Waals surface area contributed by atoms with Gasteiger partial charge in [0, 0.05) is 18.2 Å². The van der Waals surface area contributed by atoms with Crippen molar-refractivity contribution < 1.29 is 0 Å². The van der Waals surface area contributed by atoms with Crippen molar-refractivity contribution in [1.82, 2.24) is 14.9 Å². The molecule has 1 aliphatic heterocycles. The molecule has 2 heterocycles. The third-order valence-corrected chi connectivity index (χ3v) is 3.73. The molecular formula is C12H19ClN4. The number of rotatable bonds is 4. The molecule has 1 aromatic heterocycles. The van der Waals surface area contributed by atoms with Crippen LogP contribution in [0.25, 0.3) is 0 Å². The molecule has 0 saturated carbocycles. The minimum absolute atomic E-state index is 0.524. The summed E-state index contributed by atoms with van der Waals surface area (Å²) in [4.78, 5) is 10.7. The zero-order valence-electron chi connectivity index (χ0n) is 10.4. The van der Waals surface area contributed by atoms with Gasteiger partial charge in [-0.1, -0.05) is 11.6 Å². The molecule has 1 saturated heterocycles. The summed E-state index contributed by atoms with van der Waals surface area (Å²) in [6.07, 6.45) is 4.14. The van der Waals surface area contributed by atoms with Gasteiger partial charge in [-0.05, 0) is 39.8 Å². The Kier molecular flexibility index (Phi) is 4.18. The van der Waals surface area contributed by atoms with Gasteiger partial charge in [0.25, 0.3) is 0 Å². The second-order valence-electron chi connectivity index (χ2n) is 4.61. The van der Waals surface area contributed by atoms with Crippen molar-refractivity contribution in [3.05, 3.63) is 17.0 Å². The molecule has 4 nitrogen and oxygen atoms in total. The van der Waals surface area contributed by atoms with Crippen LogP contribution in [-0.4, -0.2) is 40.5 Å². The van der Waals surface area contributed by atoms with E-state index in [1.807, 2.05) is 6.92 Å². The largest absolute Gasteiger partial charge is 0.368 e. The molecule has 17 heavy (non-hydrogen) atoms. The molecule has 0 aromatic carbocycles. The van der Waals surface area contributed by atoms with E-state index in [2.05, 4.69) is 27.1 Å². The van der Waals surface area contributed by atoms with Gasteiger partial charge in [-0.3, -0.25) is 4.90 Å². The quantitative estimate of drug-likeness (QED) is 0.838. The van der Waals surface area contributed by atoms with Crippen LogP contribution in [0, 0.1) is 6.92 Å². The average Bonchev–Trinajstić information content (AvgIpc) is 2.84. The topological polar surface area (TPSA) is 41.1 Å². The van der Waals surface area contributed by atoms with Gasteiger partial charge in [-0.15, -0.1) is 0 Å². The van der Waals surface area contributed by atoms with Crippen LogP contribution in [-0.2, 0) is 0 Å². The van der Waals surface area contributed by atoms with Crippen molar-refractivity contribution in [3.8, 4) is 0 Å². The van der Waals surface area contributed by atoms with Crippen LogP contribution < -0.4 is 5.32 Å². The molecule has 1 aliphatic rings. The van der Waals surface area contributed by atoms with Crippen LogP contribution in [0.5, 0.6) is 0 Å². The Morgan fingerprint density at radius 1 is 1.41 bits per heavy atom. The van der Waals surface area contributed by atoms with Gasteiger partial charge < -0.3 is 5.32 Å². The monoisotopic (exact) mass is 254 g/mol. The third-order valence-electron chi connectivity index (χ3n) is 3.35. The highest BCUT2D eigenvalue weighted by Crippen LogP contribution is 2.18. The number of hydrogen-bond acceptors (Lipinski definition) is 4. The second kappa shape index (κ2) is 5.65. The predicted octanol–water partition coefficient (Wildman–Crippen LogP) is 2.33. The van der Waals surface area contributed by atoms with Crippen molar-refractivity contribution in [2.45, 2.75) is 32.7 Å². The first-order chi connectivity index (χ1) is 8.18. The Bertz CT molecular complexity index is 377. The zero-order valence-corrected chi connectivity index (χ0v) is 11.2. The van der Waals surface area contributed by atoms with E-state index in [1.165, 1.54) is 32.3 Å². The molecule has 0 spiro atoms. The lowest BCUT2D eigenvalue weighted by Crippen LogP contribution is -2.35. The van der Waals surface area contributed by atoms with E-state index in [0.717, 1.165) is 17.9 Å². The highest BCUT2D eigenvalue weighted by atomic mass is 35.5. The smallest absolute Gasteiger partial charge is 0.137 e. The SMILES string of the molecule is Cc1c(Cl)ncnc1NCC(C)N1CCCC1. The maximum atomic E-state index is 5.95. The molecule has 2 rings (SSSR count). The highest BCUT2D eigenvalue weighted by Gasteiger charge is 2.18. The van der Waals surface area contributed by atoms with E-state index in [1.54, 1.807) is 0 Å². The van der Waals surface area contributed by atoms with Gasteiger partial charge in [-0.2, -0.15) is 0 Å². The van der Waals surface area contributed by atoms with Crippen LogP contribution in [0.3, 0.4) is 0 Å². The lowest BCUT2D eigenvalue weighted by Gasteiger charge is -2.24. The van der Waals surface area contributed by atoms with E-state index >= 15 is 0 Å². The summed E-state index contributed by atoms with van der Waals surface area (Å²) in [6.45, 7) is 7.51. The summed E-state index contributed by atoms with van der Waals surface area (Å²) < 4.78 is 0. The van der Waals surface area contributed by atoms with Crippen molar-refractivity contribution in [2.24, 2.45) is 0 Å². The fourth-order valence-electron chi connectivity index (χ4n) is 2.16. The minimum atomic E-state index is 0.524. The fraction of sp³-hybridized carbons (Fsp3) is 0.667. The van der Waals surface area contributed by atoms with Crippen LogP contribution in [0.1, 0.15) is 25.3 Å². The van der Waals surface area contributed by atoms with Gasteiger partial charge in [0.1, 0.15) is 17.3 Å². The van der Waals surface area contributed by atoms with Gasteiger partial charge in [0.2, 0.25) is 0 Å². The van der Waals surface area contributed by atoms with Gasteiger partial charge in [-0.25, -0.2) is 9.97 Å². The Balaban J connectivity index is 1.90. The van der Waals surface area contributed by atoms with Crippen molar-refractivity contribution in [1.29, 1.82) is 0 Å². The Hall–Kier alpha value is -0.870. The predicted molar refractivity (Wildman–Crippen MR) is 70.5 cm³/mol. The molecular weight excluding hydrogens is 236 g/mol. The molecule has 5 heteroatoms. The second-order valence-corrected chi connectivity index (χ2v) is 4.97. The molecule has 0 amide bonds. The number of anilines is 1. The average molecular weight is 255 g/mol. The minimum Gasteiger partial charge on any atom is -0.368 e. The van der Waals surface area contributed by atoms with E-state index in [4.69, 9.17) is 11.6 Å². The van der Waals surface area contributed by atoms with Crippen molar-refractivity contribution in [3.63, 3.8) is 0 Å². The van der Waals surface area contributed by atoms with Gasteiger partial charge in [0.05, 0.1) is 0 Å². The van der Waals surface area contributed by atoms with E-state index < -0.39 is 0 Å². The van der Waals surface area contributed by atoms with Crippen LogP contribution in [0.2, 0.25) is 5.15 Å². The fourth-order valence-corrected chi connectivity index (χ4v) is 2.30. The van der Waals surface area contributed by atoms with Crippen molar-refractivity contribution in [2.75, 3.05) is 25.0 Å². The summed E-state index contributed by atoms with van der Waals surface area (Å²) in [5, 5.41) is 3.88. The first kappa shape index (κ1) is 12.6. The van der Waals surface area contributed by atoms with E-state index in [0.29, 0.717) is 11.2 Å². The molecule has 94 valence electrons. The molecule has 0 radical (unpaired) electrons. The number of aromatic nitrogens is 2. The summed E-state index contributed by atoms with van der Waals surface area (Å²) in [7, 11) is 0. The lowest BCUT2D eigenvalue weighted by molar-refractivity contribution is 0.269. The molecule has 1 aromatic rings. The Morgan fingerprint density at radius 3 is 2.82 bits per heavy atom. The maximum Gasteiger partial charge on any atom is 0.137 e.